The fourth-order valence-corrected chi connectivity index (χ4v) is 1.96. The number of carbonyl (C=O) groups excluding carboxylic acids is 2. The number of rotatable bonds is 5. The Morgan fingerprint density at radius 2 is 1.57 bits per heavy atom. The molecule has 0 atom stereocenters. The lowest BCUT2D eigenvalue weighted by atomic mass is 9.93. The van der Waals surface area contributed by atoms with Crippen molar-refractivity contribution >= 4 is 17.5 Å². The van der Waals surface area contributed by atoms with Gasteiger partial charge in [0.2, 0.25) is 0 Å². The summed E-state index contributed by atoms with van der Waals surface area (Å²) in [5, 5.41) is 9.35. The smallest absolute Gasteiger partial charge is 0.339 e. The summed E-state index contributed by atoms with van der Waals surface area (Å²) < 4.78 is 9.57. The van der Waals surface area contributed by atoms with Crippen LogP contribution >= 0.6 is 0 Å². The number of methoxy groups -OCH3 is 2. The predicted molar refractivity (Wildman–Crippen MR) is 78.5 cm³/mol. The van der Waals surface area contributed by atoms with Crippen LogP contribution in [0.2, 0.25) is 0 Å². The van der Waals surface area contributed by atoms with Gasteiger partial charge in [-0.3, -0.25) is 0 Å². The zero-order valence-corrected chi connectivity index (χ0v) is 12.7. The molecular formula is C16H20O5. The zero-order chi connectivity index (χ0) is 16.0. The summed E-state index contributed by atoms with van der Waals surface area (Å²) in [7, 11) is 2.53. The standard InChI is InChI=1S/C16H20O5/c1-10(2)9-13(15(18)20-3)14(16(19)21-4)11-5-7-12(17)8-6-11/h5-8,10,17H,9H2,1-4H3/b14-13-. The molecule has 1 aromatic rings. The highest BCUT2D eigenvalue weighted by molar-refractivity contribution is 6.22. The van der Waals surface area contributed by atoms with Crippen molar-refractivity contribution in [3.8, 4) is 5.75 Å². The number of esters is 2. The van der Waals surface area contributed by atoms with Crippen molar-refractivity contribution in [2.75, 3.05) is 14.2 Å². The highest BCUT2D eigenvalue weighted by Crippen LogP contribution is 2.27. The van der Waals surface area contributed by atoms with Crippen molar-refractivity contribution in [3.05, 3.63) is 35.4 Å². The molecule has 5 nitrogen and oxygen atoms in total. The van der Waals surface area contributed by atoms with E-state index >= 15 is 0 Å². The number of phenols is 1. The Hall–Kier alpha value is -2.30. The molecule has 0 radical (unpaired) electrons. The van der Waals surface area contributed by atoms with Gasteiger partial charge < -0.3 is 14.6 Å². The van der Waals surface area contributed by atoms with Gasteiger partial charge >= 0.3 is 11.9 Å². The topological polar surface area (TPSA) is 72.8 Å². The second kappa shape index (κ2) is 7.47. The van der Waals surface area contributed by atoms with Gasteiger partial charge in [-0.1, -0.05) is 26.0 Å². The van der Waals surface area contributed by atoms with E-state index < -0.39 is 11.9 Å². The summed E-state index contributed by atoms with van der Waals surface area (Å²) in [5.41, 5.74) is 0.934. The number of ether oxygens (including phenoxy) is 2. The lowest BCUT2D eigenvalue weighted by molar-refractivity contribution is -0.138. The van der Waals surface area contributed by atoms with Gasteiger partial charge in [-0.15, -0.1) is 0 Å². The molecule has 0 bridgehead atoms. The molecule has 0 spiro atoms. The largest absolute Gasteiger partial charge is 0.508 e. The van der Waals surface area contributed by atoms with E-state index in [1.165, 1.54) is 26.4 Å². The van der Waals surface area contributed by atoms with Crippen LogP contribution in [0.25, 0.3) is 5.57 Å². The van der Waals surface area contributed by atoms with Gasteiger partial charge in [0.25, 0.3) is 0 Å². The van der Waals surface area contributed by atoms with Crippen LogP contribution < -0.4 is 0 Å². The first-order valence-electron chi connectivity index (χ1n) is 6.59. The summed E-state index contributed by atoms with van der Waals surface area (Å²) in [6, 6.07) is 6.01. The van der Waals surface area contributed by atoms with Crippen LogP contribution in [-0.2, 0) is 19.1 Å². The van der Waals surface area contributed by atoms with E-state index in [-0.39, 0.29) is 22.8 Å². The van der Waals surface area contributed by atoms with E-state index in [9.17, 15) is 14.7 Å². The SMILES string of the molecule is COC(=O)/C(CC(C)C)=C(\C(=O)OC)c1ccc(O)cc1. The lowest BCUT2D eigenvalue weighted by Gasteiger charge is -2.14. The van der Waals surface area contributed by atoms with E-state index in [4.69, 9.17) is 9.47 Å². The van der Waals surface area contributed by atoms with Gasteiger partial charge in [-0.25, -0.2) is 9.59 Å². The minimum Gasteiger partial charge on any atom is -0.508 e. The van der Waals surface area contributed by atoms with E-state index in [1.807, 2.05) is 13.8 Å². The molecule has 0 saturated carbocycles. The van der Waals surface area contributed by atoms with Crippen LogP contribution in [0.4, 0.5) is 0 Å². The monoisotopic (exact) mass is 292 g/mol. The first-order valence-corrected chi connectivity index (χ1v) is 6.59. The number of hydrogen-bond acceptors (Lipinski definition) is 5. The van der Waals surface area contributed by atoms with Crippen LogP contribution in [0, 0.1) is 5.92 Å². The number of benzene rings is 1. The summed E-state index contributed by atoms with van der Waals surface area (Å²) >= 11 is 0. The highest BCUT2D eigenvalue weighted by Gasteiger charge is 2.24. The fourth-order valence-electron chi connectivity index (χ4n) is 1.96. The zero-order valence-electron chi connectivity index (χ0n) is 12.7. The Morgan fingerprint density at radius 1 is 1.05 bits per heavy atom. The maximum Gasteiger partial charge on any atom is 0.339 e. The molecule has 0 heterocycles. The molecule has 5 heteroatoms. The lowest BCUT2D eigenvalue weighted by Crippen LogP contribution is -2.15. The average Bonchev–Trinajstić information content (AvgIpc) is 2.46. The highest BCUT2D eigenvalue weighted by atomic mass is 16.5. The van der Waals surface area contributed by atoms with Gasteiger partial charge in [0.15, 0.2) is 0 Å². The van der Waals surface area contributed by atoms with E-state index in [0.717, 1.165) is 0 Å². The number of aromatic hydroxyl groups is 1. The second-order valence-corrected chi connectivity index (χ2v) is 4.98. The summed E-state index contributed by atoms with van der Waals surface area (Å²) in [6.45, 7) is 3.88. The maximum atomic E-state index is 12.1. The van der Waals surface area contributed by atoms with Crippen molar-refractivity contribution in [3.63, 3.8) is 0 Å². The summed E-state index contributed by atoms with van der Waals surface area (Å²) in [4.78, 5) is 24.1. The van der Waals surface area contributed by atoms with Crippen molar-refractivity contribution in [1.82, 2.24) is 0 Å². The number of phenolic OH excluding ortho intramolecular Hbond substituents is 1. The molecule has 0 aliphatic rings. The normalized spacial score (nSPS) is 11.9. The van der Waals surface area contributed by atoms with E-state index in [0.29, 0.717) is 12.0 Å². The summed E-state index contributed by atoms with van der Waals surface area (Å²) in [6.07, 6.45) is 0.387. The molecule has 0 aliphatic heterocycles. The van der Waals surface area contributed by atoms with Crippen LogP contribution in [0.5, 0.6) is 5.75 Å². The molecule has 0 amide bonds. The molecule has 0 unspecified atom stereocenters. The van der Waals surface area contributed by atoms with Crippen LogP contribution in [0.15, 0.2) is 29.8 Å². The van der Waals surface area contributed by atoms with Crippen LogP contribution in [-0.4, -0.2) is 31.3 Å². The first kappa shape index (κ1) is 16.8. The Balaban J connectivity index is 3.49. The van der Waals surface area contributed by atoms with Gasteiger partial charge in [0, 0.05) is 0 Å². The quantitative estimate of drug-likeness (QED) is 0.667. The van der Waals surface area contributed by atoms with Gasteiger partial charge in [-0.05, 0) is 30.0 Å². The van der Waals surface area contributed by atoms with Gasteiger partial charge in [-0.2, -0.15) is 0 Å². The van der Waals surface area contributed by atoms with E-state index in [1.54, 1.807) is 12.1 Å². The third kappa shape index (κ3) is 4.34. The molecule has 0 saturated heterocycles. The Bertz CT molecular complexity index is 540. The molecule has 21 heavy (non-hydrogen) atoms. The minimum atomic E-state index is -0.610. The molecule has 1 rings (SSSR count). The van der Waals surface area contributed by atoms with Gasteiger partial charge in [0.1, 0.15) is 5.75 Å². The predicted octanol–water partition coefficient (Wildman–Crippen LogP) is 2.54. The van der Waals surface area contributed by atoms with Crippen LogP contribution in [0.3, 0.4) is 0 Å². The third-order valence-corrected chi connectivity index (χ3v) is 2.89. The maximum absolute atomic E-state index is 12.1. The Morgan fingerprint density at radius 3 is 2.00 bits per heavy atom. The van der Waals surface area contributed by atoms with Crippen molar-refractivity contribution in [2.24, 2.45) is 5.92 Å². The molecule has 1 aromatic carbocycles. The molecule has 0 aliphatic carbocycles. The van der Waals surface area contributed by atoms with Crippen molar-refractivity contribution in [1.29, 1.82) is 0 Å². The van der Waals surface area contributed by atoms with Gasteiger partial charge in [0.05, 0.1) is 25.4 Å². The van der Waals surface area contributed by atoms with Crippen molar-refractivity contribution < 1.29 is 24.2 Å². The minimum absolute atomic E-state index is 0.0754. The molecule has 114 valence electrons. The third-order valence-electron chi connectivity index (χ3n) is 2.89. The Labute approximate surface area is 124 Å². The second-order valence-electron chi connectivity index (χ2n) is 4.98. The number of hydrogen-bond donors (Lipinski definition) is 1. The molecule has 0 fully saturated rings. The number of carbonyl (C=O) groups is 2. The van der Waals surface area contributed by atoms with Crippen molar-refractivity contribution in [2.45, 2.75) is 20.3 Å². The Kier molecular flexibility index (Phi) is 5.96. The average molecular weight is 292 g/mol. The van der Waals surface area contributed by atoms with Crippen LogP contribution in [0.1, 0.15) is 25.8 Å². The first-order chi connectivity index (χ1) is 9.90. The summed E-state index contributed by atoms with van der Waals surface area (Å²) in [5.74, 6) is -0.929. The van der Waals surface area contributed by atoms with E-state index in [2.05, 4.69) is 0 Å². The molecule has 1 N–H and O–H groups in total. The molecular weight excluding hydrogens is 272 g/mol. The fraction of sp³-hybridized carbons (Fsp3) is 0.375. The molecule has 0 aromatic heterocycles.